The number of rotatable bonds is 2. The maximum Gasteiger partial charge on any atom is 0.0387 e. The van der Waals surface area contributed by atoms with Gasteiger partial charge in [0, 0.05) is 18.3 Å². The van der Waals surface area contributed by atoms with Gasteiger partial charge >= 0.3 is 0 Å². The van der Waals surface area contributed by atoms with E-state index in [0.717, 1.165) is 25.8 Å². The second kappa shape index (κ2) is 4.01. The molecule has 1 aromatic carbocycles. The van der Waals surface area contributed by atoms with Crippen molar-refractivity contribution in [3.63, 3.8) is 0 Å². The maximum absolute atomic E-state index is 5.65. The van der Waals surface area contributed by atoms with Crippen LogP contribution in [0.25, 0.3) is 0 Å². The van der Waals surface area contributed by atoms with Crippen molar-refractivity contribution in [2.75, 3.05) is 11.9 Å². The average Bonchev–Trinajstić information content (AvgIpc) is 2.27. The molecular weight excluding hydrogens is 172 g/mol. The summed E-state index contributed by atoms with van der Waals surface area (Å²) in [4.78, 5) is 0. The van der Waals surface area contributed by atoms with Gasteiger partial charge in [-0.05, 0) is 36.5 Å². The van der Waals surface area contributed by atoms with Crippen LogP contribution in [0.2, 0.25) is 0 Å². The van der Waals surface area contributed by atoms with Crippen molar-refractivity contribution in [2.45, 2.75) is 32.2 Å². The molecule has 2 rings (SSSR count). The molecule has 0 aromatic heterocycles. The Labute approximate surface area is 85.5 Å². The van der Waals surface area contributed by atoms with Crippen molar-refractivity contribution in [3.8, 4) is 0 Å². The van der Waals surface area contributed by atoms with Gasteiger partial charge in [-0.25, -0.2) is 0 Å². The summed E-state index contributed by atoms with van der Waals surface area (Å²) in [7, 11) is 0. The number of hydrogen-bond donors (Lipinski definition) is 2. The van der Waals surface area contributed by atoms with E-state index >= 15 is 0 Å². The van der Waals surface area contributed by atoms with Crippen LogP contribution in [0.15, 0.2) is 18.2 Å². The van der Waals surface area contributed by atoms with Gasteiger partial charge in [-0.2, -0.15) is 0 Å². The van der Waals surface area contributed by atoms with Crippen molar-refractivity contribution in [1.82, 2.24) is 0 Å². The van der Waals surface area contributed by atoms with Crippen molar-refractivity contribution < 1.29 is 0 Å². The molecule has 1 aliphatic heterocycles. The van der Waals surface area contributed by atoms with E-state index in [1.54, 1.807) is 0 Å². The molecule has 0 bridgehead atoms. The normalized spacial score (nSPS) is 20.0. The van der Waals surface area contributed by atoms with Crippen molar-refractivity contribution in [2.24, 2.45) is 5.73 Å². The standard InChI is InChI=1S/C12H18N2/c1-2-9-3-6-12-10(7-9)4-5-11(8-13)14-12/h3,6-7,11,14H,2,4-5,8,13H2,1H3. The van der Waals surface area contributed by atoms with Gasteiger partial charge in [-0.15, -0.1) is 0 Å². The van der Waals surface area contributed by atoms with Gasteiger partial charge in [0.15, 0.2) is 0 Å². The summed E-state index contributed by atoms with van der Waals surface area (Å²) >= 11 is 0. The fourth-order valence-electron chi connectivity index (χ4n) is 2.01. The number of nitrogens with one attached hydrogen (secondary N) is 1. The molecule has 76 valence electrons. The smallest absolute Gasteiger partial charge is 0.0387 e. The number of hydrogen-bond acceptors (Lipinski definition) is 2. The Morgan fingerprint density at radius 1 is 1.50 bits per heavy atom. The first-order valence-electron chi connectivity index (χ1n) is 5.42. The minimum Gasteiger partial charge on any atom is -0.381 e. The number of fused-ring (bicyclic) bond motifs is 1. The molecule has 1 aromatic rings. The Bertz CT molecular complexity index is 320. The van der Waals surface area contributed by atoms with E-state index in [1.807, 2.05) is 0 Å². The zero-order valence-electron chi connectivity index (χ0n) is 8.72. The van der Waals surface area contributed by atoms with Crippen LogP contribution in [0.1, 0.15) is 24.5 Å². The molecule has 1 unspecified atom stereocenters. The minimum absolute atomic E-state index is 0.468. The second-order valence-corrected chi connectivity index (χ2v) is 3.96. The highest BCUT2D eigenvalue weighted by Gasteiger charge is 2.15. The Morgan fingerprint density at radius 3 is 3.07 bits per heavy atom. The van der Waals surface area contributed by atoms with Crippen molar-refractivity contribution >= 4 is 5.69 Å². The molecule has 1 aliphatic rings. The van der Waals surface area contributed by atoms with Gasteiger partial charge in [0.05, 0.1) is 0 Å². The Hall–Kier alpha value is -1.02. The third-order valence-electron chi connectivity index (χ3n) is 2.98. The van der Waals surface area contributed by atoms with Gasteiger partial charge in [0.1, 0.15) is 0 Å². The lowest BCUT2D eigenvalue weighted by molar-refractivity contribution is 0.639. The highest BCUT2D eigenvalue weighted by atomic mass is 14.9. The molecule has 0 saturated carbocycles. The molecule has 0 amide bonds. The van der Waals surface area contributed by atoms with Crippen LogP contribution in [-0.4, -0.2) is 12.6 Å². The molecule has 0 spiro atoms. The van der Waals surface area contributed by atoms with Gasteiger partial charge in [-0.3, -0.25) is 0 Å². The predicted molar refractivity (Wildman–Crippen MR) is 60.6 cm³/mol. The van der Waals surface area contributed by atoms with Gasteiger partial charge in [0.2, 0.25) is 0 Å². The van der Waals surface area contributed by atoms with Crippen LogP contribution in [-0.2, 0) is 12.8 Å². The van der Waals surface area contributed by atoms with E-state index in [9.17, 15) is 0 Å². The van der Waals surface area contributed by atoms with E-state index in [0.29, 0.717) is 6.04 Å². The van der Waals surface area contributed by atoms with E-state index in [4.69, 9.17) is 5.73 Å². The van der Waals surface area contributed by atoms with Crippen LogP contribution in [0.4, 0.5) is 5.69 Å². The molecular formula is C12H18N2. The lowest BCUT2D eigenvalue weighted by Crippen LogP contribution is -2.32. The first kappa shape index (κ1) is 9.53. The highest BCUT2D eigenvalue weighted by molar-refractivity contribution is 5.55. The topological polar surface area (TPSA) is 38.0 Å². The Kier molecular flexibility index (Phi) is 2.73. The van der Waals surface area contributed by atoms with Gasteiger partial charge < -0.3 is 11.1 Å². The first-order chi connectivity index (χ1) is 6.83. The van der Waals surface area contributed by atoms with E-state index in [2.05, 4.69) is 30.4 Å². The van der Waals surface area contributed by atoms with E-state index < -0.39 is 0 Å². The van der Waals surface area contributed by atoms with Crippen LogP contribution < -0.4 is 11.1 Å². The fourth-order valence-corrected chi connectivity index (χ4v) is 2.01. The molecule has 0 fully saturated rings. The number of aryl methyl sites for hydroxylation is 2. The second-order valence-electron chi connectivity index (χ2n) is 3.96. The minimum atomic E-state index is 0.468. The van der Waals surface area contributed by atoms with Crippen molar-refractivity contribution in [3.05, 3.63) is 29.3 Å². The van der Waals surface area contributed by atoms with Gasteiger partial charge in [-0.1, -0.05) is 19.1 Å². The third-order valence-corrected chi connectivity index (χ3v) is 2.98. The molecule has 14 heavy (non-hydrogen) atoms. The van der Waals surface area contributed by atoms with E-state index in [-0.39, 0.29) is 0 Å². The van der Waals surface area contributed by atoms with Crippen LogP contribution in [0, 0.1) is 0 Å². The summed E-state index contributed by atoms with van der Waals surface area (Å²) < 4.78 is 0. The molecule has 0 saturated heterocycles. The first-order valence-corrected chi connectivity index (χ1v) is 5.42. The Balaban J connectivity index is 2.23. The summed E-state index contributed by atoms with van der Waals surface area (Å²) in [5.74, 6) is 0. The largest absolute Gasteiger partial charge is 0.381 e. The summed E-state index contributed by atoms with van der Waals surface area (Å²) in [6.07, 6.45) is 3.45. The lowest BCUT2D eigenvalue weighted by Gasteiger charge is -2.26. The fraction of sp³-hybridized carbons (Fsp3) is 0.500. The Morgan fingerprint density at radius 2 is 2.36 bits per heavy atom. The number of benzene rings is 1. The molecule has 0 radical (unpaired) electrons. The SMILES string of the molecule is CCc1ccc2c(c1)CCC(CN)N2. The monoisotopic (exact) mass is 190 g/mol. The summed E-state index contributed by atoms with van der Waals surface area (Å²) in [5.41, 5.74) is 9.82. The summed E-state index contributed by atoms with van der Waals surface area (Å²) in [6.45, 7) is 2.93. The zero-order valence-corrected chi connectivity index (χ0v) is 8.72. The van der Waals surface area contributed by atoms with E-state index in [1.165, 1.54) is 16.8 Å². The summed E-state index contributed by atoms with van der Waals surface area (Å²) in [5, 5.41) is 3.47. The number of nitrogens with two attached hydrogens (primary N) is 1. The predicted octanol–water partition coefficient (Wildman–Crippen LogP) is 1.93. The molecule has 1 heterocycles. The number of anilines is 1. The molecule has 2 nitrogen and oxygen atoms in total. The maximum atomic E-state index is 5.65. The summed E-state index contributed by atoms with van der Waals surface area (Å²) in [6, 6.07) is 7.17. The van der Waals surface area contributed by atoms with Crippen LogP contribution in [0.3, 0.4) is 0 Å². The van der Waals surface area contributed by atoms with Crippen molar-refractivity contribution in [1.29, 1.82) is 0 Å². The third kappa shape index (κ3) is 1.75. The average molecular weight is 190 g/mol. The zero-order chi connectivity index (χ0) is 9.97. The molecule has 1 atom stereocenters. The molecule has 2 heteroatoms. The van der Waals surface area contributed by atoms with Crippen LogP contribution >= 0.6 is 0 Å². The lowest BCUT2D eigenvalue weighted by atomic mass is 9.96. The van der Waals surface area contributed by atoms with Crippen LogP contribution in [0.5, 0.6) is 0 Å². The highest BCUT2D eigenvalue weighted by Crippen LogP contribution is 2.25. The molecule has 0 aliphatic carbocycles. The molecule has 3 N–H and O–H groups in total. The van der Waals surface area contributed by atoms with Gasteiger partial charge in [0.25, 0.3) is 0 Å². The quantitative estimate of drug-likeness (QED) is 0.748.